The Labute approximate surface area is 88.6 Å². The first-order valence-corrected chi connectivity index (χ1v) is 4.08. The fourth-order valence-corrected chi connectivity index (χ4v) is 0.739. The Morgan fingerprint density at radius 2 is 2.09 bits per heavy atom. The van der Waals surface area contributed by atoms with Gasteiger partial charge in [-0.05, 0) is 0 Å². The zero-order chi connectivity index (χ0) is 8.20. The first-order valence-electron chi connectivity index (χ1n) is 2.47. The summed E-state index contributed by atoms with van der Waals surface area (Å²) in [6, 6.07) is 0. The third-order valence-electron chi connectivity index (χ3n) is 0.792. The molecule has 11 heavy (non-hydrogen) atoms. The monoisotopic (exact) mass is 192 g/mol. The summed E-state index contributed by atoms with van der Waals surface area (Å²) in [7, 11) is -2.88. The molecule has 0 radical (unpaired) electrons. The molecule has 0 heterocycles. The zero-order valence-corrected chi connectivity index (χ0v) is 9.22. The van der Waals surface area contributed by atoms with Crippen molar-refractivity contribution in [1.29, 1.82) is 0 Å². The molecule has 0 aliphatic heterocycles. The molecular formula is C4H9NaO5S. The predicted molar refractivity (Wildman–Crippen MR) is 34.2 cm³/mol. The van der Waals surface area contributed by atoms with Crippen LogP contribution in [0, 0.1) is 0 Å². The number of rotatable bonds is 3. The summed E-state index contributed by atoms with van der Waals surface area (Å²) in [5.41, 5.74) is 0. The summed E-state index contributed by atoms with van der Waals surface area (Å²) >= 11 is 0. The van der Waals surface area contributed by atoms with Crippen LogP contribution in [0.25, 0.3) is 0 Å². The van der Waals surface area contributed by atoms with Crippen LogP contribution in [0.2, 0.25) is 0 Å². The van der Waals surface area contributed by atoms with E-state index < -0.39 is 21.8 Å². The molecule has 1 N–H and O–H groups in total. The first-order chi connectivity index (χ1) is 4.45. The fraction of sp³-hybridized carbons (Fsp3) is 0.750. The molecule has 7 heteroatoms. The topological polar surface area (TPSA) is 80.7 Å². The second-order valence-corrected chi connectivity index (χ2v) is 3.18. The van der Waals surface area contributed by atoms with Crippen molar-refractivity contribution in [2.75, 3.05) is 12.9 Å². The molecule has 0 aromatic rings. The Bertz CT molecular complexity index is 213. The molecule has 0 bridgehead atoms. The maximum Gasteiger partial charge on any atom is 1.00 e. The average Bonchev–Trinajstić information content (AvgIpc) is 1.81. The summed E-state index contributed by atoms with van der Waals surface area (Å²) in [6.45, 7) is 0. The molecule has 0 spiro atoms. The molecule has 0 rings (SSSR count). The third-order valence-corrected chi connectivity index (χ3v) is 1.51. The SMILES string of the molecule is COC(=O)CCS(=O)(=O)O.[H-].[Na+]. The van der Waals surface area contributed by atoms with E-state index in [1.54, 1.807) is 0 Å². The van der Waals surface area contributed by atoms with E-state index in [2.05, 4.69) is 4.74 Å². The van der Waals surface area contributed by atoms with E-state index in [0.717, 1.165) is 7.11 Å². The number of ether oxygens (including phenoxy) is 1. The Hall–Kier alpha value is 0.380. The first kappa shape index (κ1) is 13.9. The van der Waals surface area contributed by atoms with Gasteiger partial charge in [0, 0.05) is 0 Å². The van der Waals surface area contributed by atoms with Crippen LogP contribution in [0.3, 0.4) is 0 Å². The Morgan fingerprint density at radius 1 is 1.64 bits per heavy atom. The smallest absolute Gasteiger partial charge is 1.00 e. The number of methoxy groups -OCH3 is 1. The van der Waals surface area contributed by atoms with Gasteiger partial charge >= 0.3 is 35.5 Å². The Morgan fingerprint density at radius 3 is 2.36 bits per heavy atom. The van der Waals surface area contributed by atoms with Gasteiger partial charge in [-0.1, -0.05) is 0 Å². The minimum Gasteiger partial charge on any atom is -1.00 e. The van der Waals surface area contributed by atoms with Crippen molar-refractivity contribution >= 4 is 16.1 Å². The van der Waals surface area contributed by atoms with Crippen molar-refractivity contribution in [3.05, 3.63) is 0 Å². The van der Waals surface area contributed by atoms with Gasteiger partial charge in [-0.2, -0.15) is 8.42 Å². The molecule has 0 fully saturated rings. The van der Waals surface area contributed by atoms with E-state index in [-0.39, 0.29) is 37.4 Å². The van der Waals surface area contributed by atoms with Gasteiger partial charge in [0.1, 0.15) is 0 Å². The van der Waals surface area contributed by atoms with Gasteiger partial charge in [-0.3, -0.25) is 9.35 Å². The van der Waals surface area contributed by atoms with E-state index in [9.17, 15) is 13.2 Å². The number of hydrogen-bond acceptors (Lipinski definition) is 4. The second-order valence-electron chi connectivity index (χ2n) is 1.61. The van der Waals surface area contributed by atoms with Crippen molar-refractivity contribution in [2.45, 2.75) is 6.42 Å². The number of carbonyl (C=O) groups is 1. The molecule has 5 nitrogen and oxygen atoms in total. The Balaban J connectivity index is -0.000000405. The van der Waals surface area contributed by atoms with Gasteiger partial charge in [0.25, 0.3) is 10.1 Å². The van der Waals surface area contributed by atoms with Crippen molar-refractivity contribution in [1.82, 2.24) is 0 Å². The standard InChI is InChI=1S/C4H8O5S.Na.H/c1-9-4(5)2-3-10(6,7)8;;/h2-3H2,1H3,(H,6,7,8);;/q;+1;-1. The normalized spacial score (nSPS) is 10.0. The largest absolute Gasteiger partial charge is 1.00 e. The Kier molecular flexibility index (Phi) is 7.55. The van der Waals surface area contributed by atoms with Gasteiger partial charge in [0.05, 0.1) is 19.3 Å². The molecule has 0 atom stereocenters. The molecule has 0 aromatic carbocycles. The van der Waals surface area contributed by atoms with E-state index >= 15 is 0 Å². The average molecular weight is 192 g/mol. The molecule has 0 saturated carbocycles. The minimum absolute atomic E-state index is 0. The van der Waals surface area contributed by atoms with Gasteiger partial charge in [-0.15, -0.1) is 0 Å². The molecule has 0 aromatic heterocycles. The van der Waals surface area contributed by atoms with E-state index in [4.69, 9.17) is 4.55 Å². The van der Waals surface area contributed by atoms with Crippen molar-refractivity contribution in [3.8, 4) is 0 Å². The predicted octanol–water partition coefficient (Wildman–Crippen LogP) is -3.45. The summed E-state index contributed by atoms with van der Waals surface area (Å²) in [4.78, 5) is 10.3. The molecule has 0 aliphatic carbocycles. The van der Waals surface area contributed by atoms with E-state index in [1.807, 2.05) is 0 Å². The zero-order valence-electron chi connectivity index (χ0n) is 7.40. The van der Waals surface area contributed by atoms with Crippen LogP contribution < -0.4 is 29.6 Å². The number of carbonyl (C=O) groups excluding carboxylic acids is 1. The van der Waals surface area contributed by atoms with E-state index in [0.29, 0.717) is 0 Å². The molecule has 62 valence electrons. The third kappa shape index (κ3) is 10.4. The van der Waals surface area contributed by atoms with Crippen molar-refractivity contribution in [3.63, 3.8) is 0 Å². The quantitative estimate of drug-likeness (QED) is 0.286. The number of esters is 1. The van der Waals surface area contributed by atoms with Crippen LogP contribution in [0.15, 0.2) is 0 Å². The molecular weight excluding hydrogens is 183 g/mol. The minimum atomic E-state index is -4.03. The fourth-order valence-electron chi connectivity index (χ4n) is 0.314. The summed E-state index contributed by atoms with van der Waals surface area (Å²) in [5.74, 6) is -1.24. The molecule has 0 unspecified atom stereocenters. The van der Waals surface area contributed by atoms with Gasteiger partial charge < -0.3 is 6.16 Å². The maximum absolute atomic E-state index is 10.3. The van der Waals surface area contributed by atoms with Crippen LogP contribution in [-0.2, 0) is 19.6 Å². The van der Waals surface area contributed by atoms with Crippen LogP contribution in [0.5, 0.6) is 0 Å². The molecule has 0 saturated heterocycles. The van der Waals surface area contributed by atoms with Crippen molar-refractivity contribution in [2.24, 2.45) is 0 Å². The maximum atomic E-state index is 10.3. The van der Waals surface area contributed by atoms with Gasteiger partial charge in [0.15, 0.2) is 0 Å². The van der Waals surface area contributed by atoms with Gasteiger partial charge in [-0.25, -0.2) is 0 Å². The molecule has 0 aliphatic rings. The van der Waals surface area contributed by atoms with Crippen molar-refractivity contribution < 1.29 is 53.5 Å². The van der Waals surface area contributed by atoms with Crippen LogP contribution in [-0.4, -0.2) is 31.8 Å². The summed E-state index contributed by atoms with van der Waals surface area (Å²) in [5, 5.41) is 0. The van der Waals surface area contributed by atoms with Crippen LogP contribution in [0.4, 0.5) is 0 Å². The van der Waals surface area contributed by atoms with Crippen LogP contribution in [0.1, 0.15) is 7.85 Å². The number of hydrogen-bond donors (Lipinski definition) is 1. The van der Waals surface area contributed by atoms with Crippen LogP contribution >= 0.6 is 0 Å². The summed E-state index contributed by atoms with van der Waals surface area (Å²) in [6.07, 6.45) is -0.310. The second kappa shape index (κ2) is 5.96. The van der Waals surface area contributed by atoms with Gasteiger partial charge in [0.2, 0.25) is 0 Å². The van der Waals surface area contributed by atoms with E-state index in [1.165, 1.54) is 0 Å². The summed E-state index contributed by atoms with van der Waals surface area (Å²) < 4.78 is 32.3. The molecule has 0 amide bonds.